The van der Waals surface area contributed by atoms with E-state index in [0.717, 1.165) is 12.1 Å². The number of guanidine groups is 1. The van der Waals surface area contributed by atoms with Crippen LogP contribution in [0.3, 0.4) is 0 Å². The van der Waals surface area contributed by atoms with Crippen molar-refractivity contribution in [3.05, 3.63) is 51.9 Å². The summed E-state index contributed by atoms with van der Waals surface area (Å²) in [7, 11) is 0. The maximum absolute atomic E-state index is 13.4. The maximum Gasteiger partial charge on any atom is 0.325 e. The highest BCUT2D eigenvalue weighted by Gasteiger charge is 2.08. The summed E-state index contributed by atoms with van der Waals surface area (Å²) in [6, 6.07) is 4.33. The molecule has 2 rings (SSSR count). The molecule has 20 heavy (non-hydrogen) atoms. The highest BCUT2D eigenvalue weighted by Crippen LogP contribution is 2.13. The second-order valence-electron chi connectivity index (χ2n) is 4.02. The Morgan fingerprint density at radius 3 is 2.80 bits per heavy atom. The molecule has 6 nitrogen and oxygen atoms in total. The molecule has 0 aliphatic carbocycles. The van der Waals surface area contributed by atoms with Crippen molar-refractivity contribution < 1.29 is 13.8 Å². The van der Waals surface area contributed by atoms with E-state index in [1.165, 1.54) is 12.1 Å². The van der Waals surface area contributed by atoms with E-state index in [2.05, 4.69) is 20.3 Å². The molecule has 0 bridgehead atoms. The van der Waals surface area contributed by atoms with Crippen LogP contribution in [0, 0.1) is 18.6 Å². The van der Waals surface area contributed by atoms with E-state index in [9.17, 15) is 13.6 Å². The van der Waals surface area contributed by atoms with E-state index in [1.54, 1.807) is 6.92 Å². The van der Waals surface area contributed by atoms with Gasteiger partial charge in [-0.1, -0.05) is 0 Å². The SMILES string of the molecule is Cc1cc(=O)[nH]c([NH+]=C(N)Nc2ccc(F)cc2F)n1. The number of aryl methyl sites for hydroxylation is 1. The summed E-state index contributed by atoms with van der Waals surface area (Å²) in [6.07, 6.45) is 0. The van der Waals surface area contributed by atoms with Crippen LogP contribution in [0.1, 0.15) is 5.69 Å². The summed E-state index contributed by atoms with van der Waals surface area (Å²) < 4.78 is 26.2. The van der Waals surface area contributed by atoms with Gasteiger partial charge in [-0.05, 0) is 19.1 Å². The second kappa shape index (κ2) is 5.47. The number of rotatable bonds is 2. The molecule has 0 saturated carbocycles. The molecule has 104 valence electrons. The van der Waals surface area contributed by atoms with E-state index in [4.69, 9.17) is 5.73 Å². The van der Waals surface area contributed by atoms with E-state index in [1.807, 2.05) is 0 Å². The summed E-state index contributed by atoms with van der Waals surface area (Å²) in [5.74, 6) is -1.43. The summed E-state index contributed by atoms with van der Waals surface area (Å²) >= 11 is 0. The second-order valence-corrected chi connectivity index (χ2v) is 4.02. The van der Waals surface area contributed by atoms with Crippen LogP contribution in [-0.2, 0) is 0 Å². The number of nitrogens with one attached hydrogen (secondary N) is 3. The third-order valence-corrected chi connectivity index (χ3v) is 2.32. The number of hydrogen-bond donors (Lipinski definition) is 4. The molecule has 0 amide bonds. The molecular weight excluding hydrogens is 268 g/mol. The van der Waals surface area contributed by atoms with Crippen LogP contribution < -0.4 is 21.6 Å². The van der Waals surface area contributed by atoms with Gasteiger partial charge in [-0.3, -0.25) is 10.1 Å². The van der Waals surface area contributed by atoms with Crippen molar-refractivity contribution in [2.45, 2.75) is 6.92 Å². The minimum atomic E-state index is -0.791. The number of H-pyrrole nitrogens is 1. The summed E-state index contributed by atoms with van der Waals surface area (Å²) in [5.41, 5.74) is 5.76. The van der Waals surface area contributed by atoms with E-state index in [0.29, 0.717) is 5.69 Å². The van der Waals surface area contributed by atoms with Crippen LogP contribution in [-0.4, -0.2) is 15.9 Å². The van der Waals surface area contributed by atoms with Gasteiger partial charge in [0.15, 0.2) is 5.82 Å². The molecule has 2 aromatic rings. The Kier molecular flexibility index (Phi) is 3.74. The Morgan fingerprint density at radius 2 is 2.15 bits per heavy atom. The lowest BCUT2D eigenvalue weighted by molar-refractivity contribution is -0.365. The average Bonchev–Trinajstić information content (AvgIpc) is 2.31. The molecule has 8 heteroatoms. The van der Waals surface area contributed by atoms with Gasteiger partial charge in [0.2, 0.25) is 0 Å². The van der Waals surface area contributed by atoms with Gasteiger partial charge < -0.3 is 5.73 Å². The molecule has 0 atom stereocenters. The number of nitrogens with zero attached hydrogens (tertiary/aromatic N) is 1. The molecule has 1 aromatic heterocycles. The first kappa shape index (κ1) is 13.7. The van der Waals surface area contributed by atoms with Crippen LogP contribution in [0.15, 0.2) is 29.1 Å². The highest BCUT2D eigenvalue weighted by atomic mass is 19.1. The third-order valence-electron chi connectivity index (χ3n) is 2.32. The number of benzene rings is 1. The van der Waals surface area contributed by atoms with Crippen LogP contribution in [0.5, 0.6) is 0 Å². The van der Waals surface area contributed by atoms with Crippen molar-refractivity contribution >= 4 is 17.6 Å². The lowest BCUT2D eigenvalue weighted by Gasteiger charge is -2.03. The van der Waals surface area contributed by atoms with Gasteiger partial charge in [-0.2, -0.15) is 0 Å². The van der Waals surface area contributed by atoms with Gasteiger partial charge in [0, 0.05) is 12.1 Å². The number of halogens is 2. The van der Waals surface area contributed by atoms with Crippen LogP contribution in [0.25, 0.3) is 0 Å². The Labute approximate surface area is 112 Å². The zero-order valence-electron chi connectivity index (χ0n) is 10.5. The molecule has 0 aliphatic heterocycles. The number of aromatic amines is 1. The van der Waals surface area contributed by atoms with Gasteiger partial charge in [0.1, 0.15) is 11.5 Å². The average molecular weight is 280 g/mol. The molecule has 1 aromatic carbocycles. The standard InChI is InChI=1S/C12H11F2N5O/c1-6-4-10(20)18-12(16-6)19-11(15)17-9-3-2-7(13)5-8(9)14/h2-5H,1H3,(H4,15,16,17,18,19,20)/p+1. The topological polar surface area (TPSA) is 97.8 Å². The lowest BCUT2D eigenvalue weighted by Crippen LogP contribution is -2.73. The van der Waals surface area contributed by atoms with E-state index in [-0.39, 0.29) is 23.2 Å². The molecular formula is C12H12F2N5O+. The van der Waals surface area contributed by atoms with Crippen molar-refractivity contribution in [2.24, 2.45) is 5.73 Å². The molecule has 0 aliphatic rings. The molecule has 1 heterocycles. The highest BCUT2D eigenvalue weighted by molar-refractivity contribution is 5.88. The minimum absolute atomic E-state index is 0.00796. The number of nitrogens with two attached hydrogens (primary N) is 1. The summed E-state index contributed by atoms with van der Waals surface area (Å²) in [5, 5.41) is 2.50. The lowest BCUT2D eigenvalue weighted by atomic mass is 10.3. The summed E-state index contributed by atoms with van der Waals surface area (Å²) in [6.45, 7) is 1.64. The molecule has 0 saturated heterocycles. The third kappa shape index (κ3) is 3.37. The smallest absolute Gasteiger partial charge is 0.322 e. The number of aromatic nitrogens is 2. The first-order valence-corrected chi connectivity index (χ1v) is 5.63. The quantitative estimate of drug-likeness (QED) is 0.440. The van der Waals surface area contributed by atoms with Gasteiger partial charge >= 0.3 is 5.95 Å². The largest absolute Gasteiger partial charge is 0.325 e. The predicted molar refractivity (Wildman–Crippen MR) is 69.4 cm³/mol. The molecule has 0 spiro atoms. The van der Waals surface area contributed by atoms with Gasteiger partial charge in [-0.25, -0.2) is 18.8 Å². The van der Waals surface area contributed by atoms with E-state index < -0.39 is 11.6 Å². The van der Waals surface area contributed by atoms with Gasteiger partial charge in [0.05, 0.1) is 5.69 Å². The van der Waals surface area contributed by atoms with Crippen molar-refractivity contribution in [2.75, 3.05) is 5.32 Å². The van der Waals surface area contributed by atoms with Crippen molar-refractivity contribution in [3.8, 4) is 0 Å². The number of anilines is 1. The van der Waals surface area contributed by atoms with Gasteiger partial charge in [0.25, 0.3) is 11.5 Å². The zero-order valence-corrected chi connectivity index (χ0v) is 10.5. The van der Waals surface area contributed by atoms with Crippen LogP contribution in [0.2, 0.25) is 0 Å². The Bertz CT molecular complexity index is 726. The molecule has 0 fully saturated rings. The van der Waals surface area contributed by atoms with Crippen LogP contribution in [0.4, 0.5) is 20.4 Å². The zero-order chi connectivity index (χ0) is 14.7. The Morgan fingerprint density at radius 1 is 1.40 bits per heavy atom. The maximum atomic E-state index is 13.4. The van der Waals surface area contributed by atoms with E-state index >= 15 is 0 Å². The first-order chi connectivity index (χ1) is 9.44. The van der Waals surface area contributed by atoms with Crippen molar-refractivity contribution in [1.29, 1.82) is 0 Å². The molecule has 0 radical (unpaired) electrons. The Hall–Kier alpha value is -2.77. The normalized spacial score (nSPS) is 11.4. The van der Waals surface area contributed by atoms with Crippen LogP contribution >= 0.6 is 0 Å². The number of hydrogen-bond acceptors (Lipinski definition) is 2. The first-order valence-electron chi connectivity index (χ1n) is 5.63. The van der Waals surface area contributed by atoms with Crippen molar-refractivity contribution in [1.82, 2.24) is 9.97 Å². The Balaban J connectivity index is 2.24. The van der Waals surface area contributed by atoms with Gasteiger partial charge in [-0.15, -0.1) is 4.98 Å². The predicted octanol–water partition coefficient (Wildman–Crippen LogP) is -0.505. The fourth-order valence-electron chi connectivity index (χ4n) is 1.53. The minimum Gasteiger partial charge on any atom is -0.322 e. The fourth-order valence-corrected chi connectivity index (χ4v) is 1.53. The molecule has 0 unspecified atom stereocenters. The molecule has 5 N–H and O–H groups in total. The fraction of sp³-hybridized carbons (Fsp3) is 0.0833. The van der Waals surface area contributed by atoms with Crippen molar-refractivity contribution in [3.63, 3.8) is 0 Å². The monoisotopic (exact) mass is 280 g/mol. The summed E-state index contributed by atoms with van der Waals surface area (Å²) in [4.78, 5) is 20.2.